The lowest BCUT2D eigenvalue weighted by Gasteiger charge is -2.18. The molecule has 0 saturated carbocycles. The fraction of sp³-hybridized carbons (Fsp3) is 0.300. The van der Waals surface area contributed by atoms with Crippen molar-refractivity contribution in [1.82, 2.24) is 0 Å². The van der Waals surface area contributed by atoms with Crippen LogP contribution in [0.3, 0.4) is 0 Å². The number of benzene rings is 2. The Kier molecular flexibility index (Phi) is 5.74. The molecule has 2 aromatic carbocycles. The van der Waals surface area contributed by atoms with Crippen molar-refractivity contribution >= 4 is 34.8 Å². The second kappa shape index (κ2) is 8.06. The van der Waals surface area contributed by atoms with E-state index in [2.05, 4.69) is 5.32 Å². The number of hydrogen-bond donors (Lipinski definition) is 1. The molecule has 148 valence electrons. The van der Waals surface area contributed by atoms with Crippen molar-refractivity contribution < 1.29 is 23.5 Å². The van der Waals surface area contributed by atoms with Crippen LogP contribution in [0, 0.1) is 18.7 Å². The van der Waals surface area contributed by atoms with Gasteiger partial charge in [0.05, 0.1) is 30.8 Å². The van der Waals surface area contributed by atoms with Crippen molar-refractivity contribution in [2.45, 2.75) is 13.3 Å². The summed E-state index contributed by atoms with van der Waals surface area (Å²) in [7, 11) is 2.92. The molecule has 3 rings (SSSR count). The summed E-state index contributed by atoms with van der Waals surface area (Å²) < 4.78 is 24.3. The molecule has 28 heavy (non-hydrogen) atoms. The van der Waals surface area contributed by atoms with Crippen LogP contribution >= 0.6 is 11.6 Å². The number of rotatable bonds is 5. The molecule has 1 unspecified atom stereocenters. The highest BCUT2D eigenvalue weighted by molar-refractivity contribution is 6.32. The van der Waals surface area contributed by atoms with Gasteiger partial charge in [-0.2, -0.15) is 0 Å². The van der Waals surface area contributed by atoms with E-state index in [1.165, 1.54) is 31.3 Å². The maximum Gasteiger partial charge on any atom is 0.229 e. The number of amides is 2. The van der Waals surface area contributed by atoms with Crippen LogP contribution in [-0.2, 0) is 9.59 Å². The molecule has 8 heteroatoms. The molecule has 1 N–H and O–H groups in total. The largest absolute Gasteiger partial charge is 0.495 e. The number of nitrogens with zero attached hydrogens (tertiary/aromatic N) is 1. The average molecular weight is 407 g/mol. The van der Waals surface area contributed by atoms with Crippen LogP contribution in [0.1, 0.15) is 12.0 Å². The highest BCUT2D eigenvalue weighted by Crippen LogP contribution is 2.36. The van der Waals surface area contributed by atoms with E-state index in [4.69, 9.17) is 21.1 Å². The summed E-state index contributed by atoms with van der Waals surface area (Å²) in [5.41, 5.74) is 1.32. The van der Waals surface area contributed by atoms with Crippen LogP contribution in [0.15, 0.2) is 30.3 Å². The summed E-state index contributed by atoms with van der Waals surface area (Å²) in [5, 5.41) is 3.11. The summed E-state index contributed by atoms with van der Waals surface area (Å²) in [6, 6.07) is 7.68. The molecular formula is C20H20ClFN2O4. The van der Waals surface area contributed by atoms with Gasteiger partial charge in [0, 0.05) is 30.8 Å². The first kappa shape index (κ1) is 19.9. The molecule has 1 atom stereocenters. The first-order valence-corrected chi connectivity index (χ1v) is 9.00. The number of carbonyl (C=O) groups is 2. The van der Waals surface area contributed by atoms with Crippen molar-refractivity contribution in [3.8, 4) is 11.5 Å². The van der Waals surface area contributed by atoms with E-state index in [0.29, 0.717) is 33.5 Å². The second-order valence-electron chi connectivity index (χ2n) is 6.52. The number of ether oxygens (including phenoxy) is 2. The van der Waals surface area contributed by atoms with E-state index < -0.39 is 11.7 Å². The van der Waals surface area contributed by atoms with Crippen LogP contribution < -0.4 is 19.7 Å². The summed E-state index contributed by atoms with van der Waals surface area (Å²) >= 11 is 6.07. The topological polar surface area (TPSA) is 67.9 Å². The van der Waals surface area contributed by atoms with Gasteiger partial charge in [-0.1, -0.05) is 17.7 Å². The first-order chi connectivity index (χ1) is 13.3. The number of halogens is 2. The smallest absolute Gasteiger partial charge is 0.229 e. The number of methoxy groups -OCH3 is 2. The summed E-state index contributed by atoms with van der Waals surface area (Å²) in [4.78, 5) is 26.5. The van der Waals surface area contributed by atoms with Crippen LogP contribution in [0.5, 0.6) is 11.5 Å². The molecule has 0 radical (unpaired) electrons. The zero-order chi connectivity index (χ0) is 20.4. The SMILES string of the molecule is COc1cc(NC(=O)C2CC(=O)N(c3ccc(C)c(F)c3)C2)c(OC)cc1Cl. The van der Waals surface area contributed by atoms with E-state index in [0.717, 1.165) is 0 Å². The molecular weight excluding hydrogens is 387 g/mol. The molecule has 1 saturated heterocycles. The molecule has 1 aliphatic heterocycles. The van der Waals surface area contributed by atoms with Crippen molar-refractivity contribution in [2.24, 2.45) is 5.92 Å². The third-order valence-corrected chi connectivity index (χ3v) is 4.99. The zero-order valence-electron chi connectivity index (χ0n) is 15.7. The third-order valence-electron chi connectivity index (χ3n) is 4.69. The minimum Gasteiger partial charge on any atom is -0.495 e. The second-order valence-corrected chi connectivity index (χ2v) is 6.92. The van der Waals surface area contributed by atoms with Crippen LogP contribution in [0.4, 0.5) is 15.8 Å². The van der Waals surface area contributed by atoms with Gasteiger partial charge < -0.3 is 19.7 Å². The molecule has 2 amide bonds. The van der Waals surface area contributed by atoms with Gasteiger partial charge in [-0.15, -0.1) is 0 Å². The predicted octanol–water partition coefficient (Wildman–Crippen LogP) is 3.80. The van der Waals surface area contributed by atoms with Crippen molar-refractivity contribution in [2.75, 3.05) is 31.0 Å². The Morgan fingerprint density at radius 3 is 2.57 bits per heavy atom. The number of anilines is 2. The Balaban J connectivity index is 1.77. The van der Waals surface area contributed by atoms with E-state index in [1.54, 1.807) is 25.1 Å². The monoisotopic (exact) mass is 406 g/mol. The van der Waals surface area contributed by atoms with Gasteiger partial charge in [-0.05, 0) is 24.6 Å². The molecule has 0 spiro atoms. The van der Waals surface area contributed by atoms with Gasteiger partial charge in [-0.25, -0.2) is 4.39 Å². The number of hydrogen-bond acceptors (Lipinski definition) is 4. The predicted molar refractivity (Wildman–Crippen MR) is 105 cm³/mol. The first-order valence-electron chi connectivity index (χ1n) is 8.63. The van der Waals surface area contributed by atoms with Gasteiger partial charge in [-0.3, -0.25) is 9.59 Å². The van der Waals surface area contributed by atoms with Crippen LogP contribution in [-0.4, -0.2) is 32.6 Å². The third kappa shape index (κ3) is 3.89. The van der Waals surface area contributed by atoms with E-state index >= 15 is 0 Å². The number of nitrogens with one attached hydrogen (secondary N) is 1. The standard InChI is InChI=1S/C20H20ClFN2O4/c1-11-4-5-13(7-15(11)22)24-10-12(6-19(24)25)20(26)23-16-9-17(27-2)14(21)8-18(16)28-3/h4-5,7-9,12H,6,10H2,1-3H3,(H,23,26). The fourth-order valence-corrected chi connectivity index (χ4v) is 3.31. The van der Waals surface area contributed by atoms with E-state index in [-0.39, 0.29) is 24.8 Å². The minimum atomic E-state index is -0.580. The molecule has 0 bridgehead atoms. The van der Waals surface area contributed by atoms with Crippen molar-refractivity contribution in [3.63, 3.8) is 0 Å². The Labute approximate surface area is 167 Å². The molecule has 0 aliphatic carbocycles. The molecule has 6 nitrogen and oxygen atoms in total. The van der Waals surface area contributed by atoms with Crippen molar-refractivity contribution in [3.05, 3.63) is 46.7 Å². The van der Waals surface area contributed by atoms with E-state index in [9.17, 15) is 14.0 Å². The Hall–Kier alpha value is -2.80. The molecule has 1 fully saturated rings. The van der Waals surface area contributed by atoms with Gasteiger partial charge in [0.2, 0.25) is 11.8 Å². The van der Waals surface area contributed by atoms with E-state index in [1.807, 2.05) is 0 Å². The molecule has 2 aromatic rings. The summed E-state index contributed by atoms with van der Waals surface area (Å²) in [6.45, 7) is 1.81. The number of aryl methyl sites for hydroxylation is 1. The lowest BCUT2D eigenvalue weighted by molar-refractivity contribution is -0.122. The fourth-order valence-electron chi connectivity index (χ4n) is 3.08. The lowest BCUT2D eigenvalue weighted by Crippen LogP contribution is -2.28. The Bertz CT molecular complexity index is 935. The number of carbonyl (C=O) groups excluding carboxylic acids is 2. The Morgan fingerprint density at radius 2 is 1.93 bits per heavy atom. The zero-order valence-corrected chi connectivity index (χ0v) is 16.5. The van der Waals surface area contributed by atoms with Crippen LogP contribution in [0.2, 0.25) is 5.02 Å². The van der Waals surface area contributed by atoms with Gasteiger partial charge >= 0.3 is 0 Å². The van der Waals surface area contributed by atoms with Crippen LogP contribution in [0.25, 0.3) is 0 Å². The summed E-state index contributed by atoms with van der Waals surface area (Å²) in [6.07, 6.45) is 0.0361. The molecule has 0 aromatic heterocycles. The normalized spacial score (nSPS) is 16.2. The summed E-state index contributed by atoms with van der Waals surface area (Å²) in [5.74, 6) is -0.785. The minimum absolute atomic E-state index is 0.0361. The molecule has 1 aliphatic rings. The average Bonchev–Trinajstić information content (AvgIpc) is 3.06. The molecule has 1 heterocycles. The van der Waals surface area contributed by atoms with Crippen molar-refractivity contribution in [1.29, 1.82) is 0 Å². The maximum atomic E-state index is 13.8. The van der Waals surface area contributed by atoms with Gasteiger partial charge in [0.15, 0.2) is 0 Å². The quantitative estimate of drug-likeness (QED) is 0.820. The highest BCUT2D eigenvalue weighted by Gasteiger charge is 2.35. The highest BCUT2D eigenvalue weighted by atomic mass is 35.5. The lowest BCUT2D eigenvalue weighted by atomic mass is 10.1. The van der Waals surface area contributed by atoms with Gasteiger partial charge in [0.1, 0.15) is 17.3 Å². The van der Waals surface area contributed by atoms with Gasteiger partial charge in [0.25, 0.3) is 0 Å². The maximum absolute atomic E-state index is 13.8. The Morgan fingerprint density at radius 1 is 1.21 bits per heavy atom.